The van der Waals surface area contributed by atoms with Crippen molar-refractivity contribution in [2.24, 2.45) is 9.81 Å². The van der Waals surface area contributed by atoms with Crippen LogP contribution in [0, 0.1) is 5.41 Å². The van der Waals surface area contributed by atoms with E-state index in [-0.39, 0.29) is 5.41 Å². The van der Waals surface area contributed by atoms with Gasteiger partial charge in [-0.05, 0) is 82.6 Å². The second-order valence-electron chi connectivity index (χ2n) is 12.1. The minimum absolute atomic E-state index is 0.136. The molecule has 2 aliphatic carbocycles. The molecule has 204 valence electrons. The van der Waals surface area contributed by atoms with Gasteiger partial charge in [0.25, 0.3) is 0 Å². The first-order valence-electron chi connectivity index (χ1n) is 14.0. The average molecular weight is 552 g/mol. The number of nitrogens with zero attached hydrogens (tertiary/aromatic N) is 6. The van der Waals surface area contributed by atoms with Crippen LogP contribution in [0.25, 0.3) is 16.7 Å². The van der Waals surface area contributed by atoms with Crippen molar-refractivity contribution < 1.29 is 4.55 Å². The summed E-state index contributed by atoms with van der Waals surface area (Å²) in [7, 11) is 0. The number of hydrogen-bond donors (Lipinski definition) is 1. The Morgan fingerprint density at radius 1 is 1.10 bits per heavy atom. The van der Waals surface area contributed by atoms with Crippen LogP contribution < -0.4 is 4.90 Å². The molecule has 0 radical (unpaired) electrons. The maximum atomic E-state index is 13.1. The number of anilines is 2. The normalized spacial score (nSPS) is 22.4. The van der Waals surface area contributed by atoms with Gasteiger partial charge in [-0.25, -0.2) is 9.97 Å². The summed E-state index contributed by atoms with van der Waals surface area (Å²) < 4.78 is 17.6. The van der Waals surface area contributed by atoms with Crippen LogP contribution in [0.1, 0.15) is 69.0 Å². The molecule has 3 aromatic heterocycles. The number of hydrogen-bond acceptors (Lipinski definition) is 7. The minimum Gasteiger partial charge on any atom is -0.591 e. The van der Waals surface area contributed by atoms with E-state index in [1.54, 1.807) is 0 Å². The van der Waals surface area contributed by atoms with Gasteiger partial charge in [-0.15, -0.1) is 0 Å². The number of aromatic nitrogens is 5. The van der Waals surface area contributed by atoms with Crippen LogP contribution in [-0.2, 0) is 24.2 Å². The molecule has 9 heteroatoms. The zero-order valence-electron chi connectivity index (χ0n) is 23.1. The number of nitrogens with one attached hydrogen (secondary N) is 1. The van der Waals surface area contributed by atoms with Crippen molar-refractivity contribution in [3.8, 4) is 0 Å². The third kappa shape index (κ3) is 4.23. The number of aromatic amines is 1. The van der Waals surface area contributed by atoms with Crippen molar-refractivity contribution in [3.63, 3.8) is 0 Å². The highest BCUT2D eigenvalue weighted by atomic mass is 32.2. The predicted octanol–water partition coefficient (Wildman–Crippen LogP) is 5.89. The zero-order valence-corrected chi connectivity index (χ0v) is 24.0. The Bertz CT molecular complexity index is 1670. The van der Waals surface area contributed by atoms with Crippen molar-refractivity contribution in [3.05, 3.63) is 77.4 Å². The second kappa shape index (κ2) is 9.52. The molecular formula is C31H33N7OS. The number of fused-ring (bicyclic) bond motifs is 3. The summed E-state index contributed by atoms with van der Waals surface area (Å²) in [5.74, 6) is 0.802. The van der Waals surface area contributed by atoms with Gasteiger partial charge in [0.2, 0.25) is 0 Å². The van der Waals surface area contributed by atoms with Gasteiger partial charge in [-0.2, -0.15) is 5.10 Å². The van der Waals surface area contributed by atoms with E-state index in [2.05, 4.69) is 56.5 Å². The topological polar surface area (TPSA) is 106 Å². The predicted molar refractivity (Wildman–Crippen MR) is 160 cm³/mol. The van der Waals surface area contributed by atoms with Crippen LogP contribution in [0.5, 0.6) is 0 Å². The summed E-state index contributed by atoms with van der Waals surface area (Å²) >= 11 is -1.31. The molecular weight excluding hydrogens is 518 g/mol. The minimum atomic E-state index is -1.31. The molecule has 0 amide bonds. The van der Waals surface area contributed by atoms with E-state index in [4.69, 9.17) is 14.4 Å². The highest BCUT2D eigenvalue weighted by Crippen LogP contribution is 2.49. The Morgan fingerprint density at radius 3 is 2.80 bits per heavy atom. The summed E-state index contributed by atoms with van der Waals surface area (Å²) in [6.45, 7) is 6.82. The highest BCUT2D eigenvalue weighted by molar-refractivity contribution is 7.91. The monoisotopic (exact) mass is 551 g/mol. The van der Waals surface area contributed by atoms with Gasteiger partial charge in [0, 0.05) is 23.7 Å². The molecule has 1 unspecified atom stereocenters. The molecule has 2 atom stereocenters. The highest BCUT2D eigenvalue weighted by Gasteiger charge is 2.46. The Balaban J connectivity index is 1.19. The Morgan fingerprint density at radius 2 is 1.98 bits per heavy atom. The lowest BCUT2D eigenvalue weighted by Crippen LogP contribution is -2.34. The van der Waals surface area contributed by atoms with Crippen LogP contribution in [0.4, 0.5) is 11.5 Å². The summed E-state index contributed by atoms with van der Waals surface area (Å²) in [4.78, 5) is 16.6. The van der Waals surface area contributed by atoms with Crippen LogP contribution in [-0.4, -0.2) is 46.7 Å². The van der Waals surface area contributed by atoms with E-state index in [1.165, 1.54) is 11.1 Å². The van der Waals surface area contributed by atoms with E-state index < -0.39 is 16.1 Å². The Kier molecular flexibility index (Phi) is 6.05. The van der Waals surface area contributed by atoms with Crippen molar-refractivity contribution in [1.29, 1.82) is 0 Å². The molecule has 4 aromatic rings. The fourth-order valence-electron chi connectivity index (χ4n) is 6.26. The number of H-pyrrole nitrogens is 1. The fraction of sp³-hybridized carbons (Fsp3) is 0.387. The largest absolute Gasteiger partial charge is 0.591 e. The molecule has 40 heavy (non-hydrogen) atoms. The maximum Gasteiger partial charge on any atom is 0.183 e. The van der Waals surface area contributed by atoms with Crippen LogP contribution >= 0.6 is 0 Å². The molecule has 1 aliphatic heterocycles. The molecule has 1 N–H and O–H groups in total. The van der Waals surface area contributed by atoms with Crippen molar-refractivity contribution >= 4 is 45.3 Å². The quantitative estimate of drug-likeness (QED) is 0.318. The molecule has 1 spiro atoms. The van der Waals surface area contributed by atoms with Gasteiger partial charge in [0.1, 0.15) is 21.8 Å². The number of pyridine rings is 1. The molecule has 8 nitrogen and oxygen atoms in total. The van der Waals surface area contributed by atoms with Gasteiger partial charge in [-0.1, -0.05) is 34.7 Å². The summed E-state index contributed by atoms with van der Waals surface area (Å²) in [5.41, 5.74) is 9.04. The van der Waals surface area contributed by atoms with E-state index in [1.807, 2.05) is 39.2 Å². The third-order valence-electron chi connectivity index (χ3n) is 8.40. The molecule has 0 saturated carbocycles. The smallest absolute Gasteiger partial charge is 0.183 e. The van der Waals surface area contributed by atoms with Gasteiger partial charge in [0.15, 0.2) is 17.0 Å². The van der Waals surface area contributed by atoms with E-state index in [0.29, 0.717) is 5.65 Å². The molecule has 0 bridgehead atoms. The summed E-state index contributed by atoms with van der Waals surface area (Å²) in [5, 5.41) is 7.76. The van der Waals surface area contributed by atoms with Gasteiger partial charge in [-0.3, -0.25) is 10.1 Å². The lowest BCUT2D eigenvalue weighted by atomic mass is 9.71. The molecule has 1 aromatic carbocycles. The first kappa shape index (κ1) is 25.4. The molecule has 0 saturated heterocycles. The molecule has 4 heterocycles. The first-order chi connectivity index (χ1) is 19.3. The van der Waals surface area contributed by atoms with Crippen molar-refractivity contribution in [2.45, 2.75) is 64.0 Å². The van der Waals surface area contributed by atoms with Gasteiger partial charge >= 0.3 is 0 Å². The number of aryl methyl sites for hydroxylation is 1. The molecule has 7 rings (SSSR count). The summed E-state index contributed by atoms with van der Waals surface area (Å²) in [6.07, 6.45) is 11.6. The van der Waals surface area contributed by atoms with Crippen LogP contribution in [0.3, 0.4) is 0 Å². The second-order valence-corrected chi connectivity index (χ2v) is 14.0. The number of benzene rings is 1. The first-order valence-corrected chi connectivity index (χ1v) is 15.1. The number of rotatable bonds is 3. The number of allylic oxidation sites excluding steroid dienone is 2. The Hall–Kier alpha value is -3.56. The van der Waals surface area contributed by atoms with E-state index >= 15 is 0 Å². The van der Waals surface area contributed by atoms with Crippen LogP contribution in [0.2, 0.25) is 0 Å². The van der Waals surface area contributed by atoms with E-state index in [0.717, 1.165) is 84.8 Å². The molecule has 3 aliphatic rings. The third-order valence-corrected chi connectivity index (χ3v) is 9.80. The van der Waals surface area contributed by atoms with E-state index in [9.17, 15) is 4.55 Å². The standard InChI is InChI=1S/C31H33N7OS/c1-30(2,3)40(39)37-27-22-9-5-4-8-21(22)18-31(27)14-12-20(13-15-31)24-19-33-26-28(34-24)35-36-29(26)38-17-7-10-23-25(38)11-6-16-32-23/h4-6,8-9,11-12,16,19H,7,10,13-15,17-18H2,1-3H3,(H,34,35,36)/t31-,40?/m0/s1. The average Bonchev–Trinajstić information content (AvgIpc) is 3.51. The lowest BCUT2D eigenvalue weighted by molar-refractivity contribution is 0.394. The zero-order chi connectivity index (χ0) is 27.5. The SMILES string of the molecule is CC(C)(C)[S+]([O-])N=C1c2ccccc2C[C@@]12CC=C(c1cnc3c(N4CCCc5ncccc54)n[nH]c3n1)CC2. The summed E-state index contributed by atoms with van der Waals surface area (Å²) in [6, 6.07) is 12.5. The van der Waals surface area contributed by atoms with Crippen LogP contribution in [0.15, 0.2) is 59.3 Å². The molecule has 0 fully saturated rings. The van der Waals surface area contributed by atoms with Gasteiger partial charge in [0.05, 0.1) is 23.3 Å². The Labute approximate surface area is 237 Å². The lowest BCUT2D eigenvalue weighted by Gasteiger charge is -2.33. The van der Waals surface area contributed by atoms with Crippen molar-refractivity contribution in [2.75, 3.05) is 11.4 Å². The van der Waals surface area contributed by atoms with Crippen molar-refractivity contribution in [1.82, 2.24) is 25.1 Å². The fourth-order valence-corrected chi connectivity index (χ4v) is 6.99. The maximum absolute atomic E-state index is 13.1. The van der Waals surface area contributed by atoms with Gasteiger partial charge < -0.3 is 9.45 Å².